The molecule has 2 N–H and O–H groups in total. The number of hydrogen-bond donors (Lipinski definition) is 2. The number of halogens is 1. The molecular formula is C6H5FN2O4S. The van der Waals surface area contributed by atoms with Gasteiger partial charge in [0.2, 0.25) is 0 Å². The van der Waals surface area contributed by atoms with Crippen molar-refractivity contribution in [3.8, 4) is 0 Å². The quantitative estimate of drug-likeness (QED) is 0.696. The van der Waals surface area contributed by atoms with Crippen LogP contribution in [0.4, 0.5) is 4.48 Å². The third-order valence-electron chi connectivity index (χ3n) is 1.37. The van der Waals surface area contributed by atoms with Crippen LogP contribution in [0.15, 0.2) is 23.2 Å². The van der Waals surface area contributed by atoms with E-state index in [1.165, 1.54) is 0 Å². The fourth-order valence-corrected chi connectivity index (χ4v) is 1.24. The van der Waals surface area contributed by atoms with Crippen LogP contribution in [0.3, 0.4) is 0 Å². The van der Waals surface area contributed by atoms with Gasteiger partial charge in [-0.05, 0) is 17.1 Å². The summed E-state index contributed by atoms with van der Waals surface area (Å²) < 4.78 is 33.4. The van der Waals surface area contributed by atoms with Gasteiger partial charge in [-0.3, -0.25) is 0 Å². The topological polar surface area (TPSA) is 96.4 Å². The predicted octanol–water partition coefficient (Wildman–Crippen LogP) is -0.0574. The largest absolute Gasteiger partial charge is 0.477 e. The van der Waals surface area contributed by atoms with Crippen molar-refractivity contribution in [3.63, 3.8) is 0 Å². The lowest BCUT2D eigenvalue weighted by molar-refractivity contribution is 0.0690. The third-order valence-corrected chi connectivity index (χ3v) is 2.43. The van der Waals surface area contributed by atoms with Gasteiger partial charge in [0.15, 0.2) is 0 Å². The van der Waals surface area contributed by atoms with Crippen molar-refractivity contribution in [1.82, 2.24) is 9.93 Å². The molecular weight excluding hydrogens is 215 g/mol. The highest BCUT2D eigenvalue weighted by Crippen LogP contribution is 2.07. The molecule has 1 rings (SSSR count). The molecule has 8 heteroatoms. The van der Waals surface area contributed by atoms with Crippen molar-refractivity contribution in [2.24, 2.45) is 0 Å². The number of rotatable bonds is 3. The highest BCUT2D eigenvalue weighted by molar-refractivity contribution is 7.89. The number of carboxylic acids is 1. The van der Waals surface area contributed by atoms with E-state index in [0.29, 0.717) is 4.94 Å². The molecule has 0 saturated carbocycles. The number of pyridine rings is 1. The molecule has 0 atom stereocenters. The minimum atomic E-state index is -4.21. The van der Waals surface area contributed by atoms with Crippen LogP contribution in [0.1, 0.15) is 10.5 Å². The van der Waals surface area contributed by atoms with Crippen molar-refractivity contribution in [2.45, 2.75) is 4.90 Å². The second-order valence-corrected chi connectivity index (χ2v) is 3.90. The average molecular weight is 220 g/mol. The standard InChI is InChI=1S/C6H5FN2O4S/c7-9-14(12,13)4-1-2-5(6(10)11)8-3-4/h1-3,9H,(H,10,11). The van der Waals surface area contributed by atoms with Crippen LogP contribution in [-0.2, 0) is 10.0 Å². The molecule has 0 aliphatic heterocycles. The van der Waals surface area contributed by atoms with Gasteiger partial charge in [-0.25, -0.2) is 18.2 Å². The molecule has 0 aliphatic carbocycles. The zero-order chi connectivity index (χ0) is 10.8. The van der Waals surface area contributed by atoms with E-state index in [1.807, 2.05) is 0 Å². The number of aromatic nitrogens is 1. The molecule has 14 heavy (non-hydrogen) atoms. The second-order valence-electron chi connectivity index (χ2n) is 2.26. The summed E-state index contributed by atoms with van der Waals surface area (Å²) in [6.07, 6.45) is 0.755. The van der Waals surface area contributed by atoms with Crippen LogP contribution < -0.4 is 4.94 Å². The van der Waals surface area contributed by atoms with E-state index in [0.717, 1.165) is 18.3 Å². The number of carboxylic acid groups (broad SMARTS) is 1. The van der Waals surface area contributed by atoms with Crippen LogP contribution >= 0.6 is 0 Å². The SMILES string of the molecule is O=C(O)c1ccc(S(=O)(=O)NF)cn1. The summed E-state index contributed by atoms with van der Waals surface area (Å²) in [6, 6.07) is 1.91. The first kappa shape index (κ1) is 10.5. The molecule has 0 radical (unpaired) electrons. The van der Waals surface area contributed by atoms with Crippen molar-refractivity contribution >= 4 is 16.0 Å². The maximum absolute atomic E-state index is 11.7. The summed E-state index contributed by atoms with van der Waals surface area (Å²) in [6.45, 7) is 0. The Balaban J connectivity index is 3.12. The maximum Gasteiger partial charge on any atom is 0.354 e. The molecule has 1 aromatic heterocycles. The molecule has 0 bridgehead atoms. The number of aromatic carboxylic acids is 1. The van der Waals surface area contributed by atoms with E-state index >= 15 is 0 Å². The highest BCUT2D eigenvalue weighted by atomic mass is 32.2. The molecule has 0 aromatic carbocycles. The third kappa shape index (κ3) is 2.03. The Morgan fingerprint density at radius 1 is 1.50 bits per heavy atom. The maximum atomic E-state index is 11.7. The highest BCUT2D eigenvalue weighted by Gasteiger charge is 2.14. The Morgan fingerprint density at radius 3 is 2.50 bits per heavy atom. The van der Waals surface area contributed by atoms with E-state index in [9.17, 15) is 17.7 Å². The van der Waals surface area contributed by atoms with Gasteiger partial charge < -0.3 is 5.11 Å². The van der Waals surface area contributed by atoms with E-state index in [1.54, 1.807) is 0 Å². The van der Waals surface area contributed by atoms with Crippen molar-refractivity contribution in [3.05, 3.63) is 24.0 Å². The molecule has 76 valence electrons. The molecule has 1 aromatic rings. The first-order chi connectivity index (χ1) is 6.47. The zero-order valence-corrected chi connectivity index (χ0v) is 7.45. The average Bonchev–Trinajstić information content (AvgIpc) is 2.18. The van der Waals surface area contributed by atoms with Gasteiger partial charge >= 0.3 is 5.97 Å². The van der Waals surface area contributed by atoms with Gasteiger partial charge in [-0.15, -0.1) is 4.48 Å². The van der Waals surface area contributed by atoms with Gasteiger partial charge in [0.1, 0.15) is 10.6 Å². The van der Waals surface area contributed by atoms with E-state index in [2.05, 4.69) is 4.98 Å². The summed E-state index contributed by atoms with van der Waals surface area (Å²) in [5.41, 5.74) is -0.317. The molecule has 1 heterocycles. The van der Waals surface area contributed by atoms with Gasteiger partial charge in [0.25, 0.3) is 10.0 Å². The molecule has 0 spiro atoms. The number of nitrogens with one attached hydrogen (secondary N) is 1. The Labute approximate surface area is 78.4 Å². The van der Waals surface area contributed by atoms with E-state index in [4.69, 9.17) is 5.11 Å². The molecule has 0 unspecified atom stereocenters. The Hall–Kier alpha value is -1.54. The normalized spacial score (nSPS) is 11.2. The summed E-state index contributed by atoms with van der Waals surface area (Å²) in [5, 5.41) is 8.43. The Kier molecular flexibility index (Phi) is 2.77. The first-order valence-corrected chi connectivity index (χ1v) is 4.77. The van der Waals surface area contributed by atoms with Crippen LogP contribution in [0, 0.1) is 0 Å². The van der Waals surface area contributed by atoms with Crippen molar-refractivity contribution in [2.75, 3.05) is 0 Å². The number of carbonyl (C=O) groups is 1. The molecule has 0 saturated heterocycles. The molecule has 0 fully saturated rings. The van der Waals surface area contributed by atoms with Crippen LogP contribution in [-0.4, -0.2) is 24.5 Å². The molecule has 0 amide bonds. The summed E-state index contributed by atoms with van der Waals surface area (Å²) in [7, 11) is -4.21. The number of hydrogen-bond acceptors (Lipinski definition) is 4. The van der Waals surface area contributed by atoms with Crippen LogP contribution in [0.5, 0.6) is 0 Å². The fourth-order valence-electron chi connectivity index (χ4n) is 0.710. The predicted molar refractivity (Wildman–Crippen MR) is 42.6 cm³/mol. The van der Waals surface area contributed by atoms with E-state index in [-0.39, 0.29) is 5.69 Å². The first-order valence-electron chi connectivity index (χ1n) is 3.29. The van der Waals surface area contributed by atoms with Gasteiger partial charge in [-0.1, -0.05) is 0 Å². The summed E-state index contributed by atoms with van der Waals surface area (Å²) >= 11 is 0. The fraction of sp³-hybridized carbons (Fsp3) is 0. The lowest BCUT2D eigenvalue weighted by Gasteiger charge is -1.98. The zero-order valence-electron chi connectivity index (χ0n) is 6.64. The lowest BCUT2D eigenvalue weighted by Crippen LogP contribution is -2.15. The molecule has 6 nitrogen and oxygen atoms in total. The summed E-state index contributed by atoms with van der Waals surface area (Å²) in [4.78, 5) is 13.8. The van der Waals surface area contributed by atoms with Gasteiger partial charge in [0, 0.05) is 6.20 Å². The van der Waals surface area contributed by atoms with E-state index < -0.39 is 20.9 Å². The molecule has 0 aliphatic rings. The summed E-state index contributed by atoms with van der Waals surface area (Å²) in [5.74, 6) is -1.29. The monoisotopic (exact) mass is 220 g/mol. The lowest BCUT2D eigenvalue weighted by atomic mass is 10.4. The van der Waals surface area contributed by atoms with Crippen LogP contribution in [0.2, 0.25) is 0 Å². The van der Waals surface area contributed by atoms with Gasteiger partial charge in [-0.2, -0.15) is 0 Å². The van der Waals surface area contributed by atoms with Crippen LogP contribution in [0.25, 0.3) is 0 Å². The second kappa shape index (κ2) is 3.68. The number of sulfonamides is 1. The smallest absolute Gasteiger partial charge is 0.354 e. The van der Waals surface area contributed by atoms with Crippen molar-refractivity contribution in [1.29, 1.82) is 0 Å². The minimum absolute atomic E-state index is 0.317. The number of nitrogens with zero attached hydrogens (tertiary/aromatic N) is 1. The Morgan fingerprint density at radius 2 is 2.14 bits per heavy atom. The Bertz CT molecular complexity index is 441. The van der Waals surface area contributed by atoms with Crippen molar-refractivity contribution < 1.29 is 22.8 Å². The van der Waals surface area contributed by atoms with Gasteiger partial charge in [0.05, 0.1) is 0 Å². The minimum Gasteiger partial charge on any atom is -0.477 e.